The van der Waals surface area contributed by atoms with Crippen molar-refractivity contribution in [3.8, 4) is 22.8 Å². The van der Waals surface area contributed by atoms with Gasteiger partial charge in [0.15, 0.2) is 5.76 Å². The molecule has 0 atom stereocenters. The molecule has 0 bridgehead atoms. The molecule has 0 unspecified atom stereocenters. The summed E-state index contributed by atoms with van der Waals surface area (Å²) in [4.78, 5) is 22.2. The smallest absolute Gasteiger partial charge is 0.254 e. The highest BCUT2D eigenvalue weighted by molar-refractivity contribution is 9.10. The predicted octanol–water partition coefficient (Wildman–Crippen LogP) is 5.73. The lowest BCUT2D eigenvalue weighted by molar-refractivity contribution is 0.0629. The van der Waals surface area contributed by atoms with E-state index in [4.69, 9.17) is 4.42 Å². The molecule has 5 nitrogen and oxygen atoms in total. The molecule has 1 amide bonds. The average molecular weight is 502 g/mol. The van der Waals surface area contributed by atoms with Gasteiger partial charge in [-0.3, -0.25) is 9.69 Å². The second kappa shape index (κ2) is 9.73. The summed E-state index contributed by atoms with van der Waals surface area (Å²) in [6, 6.07) is 25.9. The van der Waals surface area contributed by atoms with Crippen LogP contribution in [0.1, 0.15) is 15.9 Å². The zero-order valence-electron chi connectivity index (χ0n) is 18.2. The number of amides is 1. The molecule has 0 radical (unpaired) electrons. The molecule has 0 aliphatic carbocycles. The standard InChI is InChI=1S/C27H24BrN3O2/c28-22-10-6-9-21(17-22)25-18-29-26(33-25)23-11-4-5-12-24(23)27(32)31-15-13-30(14-16-31)19-20-7-2-1-3-8-20/h1-12,17-18H,13-16,19H2. The van der Waals surface area contributed by atoms with E-state index in [1.54, 1.807) is 6.20 Å². The van der Waals surface area contributed by atoms with Gasteiger partial charge >= 0.3 is 0 Å². The minimum Gasteiger partial charge on any atom is -0.436 e. The highest BCUT2D eigenvalue weighted by atomic mass is 79.9. The Kier molecular flexibility index (Phi) is 6.37. The van der Waals surface area contributed by atoms with Crippen LogP contribution >= 0.6 is 15.9 Å². The molecule has 5 rings (SSSR count). The first-order chi connectivity index (χ1) is 16.2. The van der Waals surface area contributed by atoms with E-state index in [-0.39, 0.29) is 5.91 Å². The number of piperazine rings is 1. The number of hydrogen-bond donors (Lipinski definition) is 0. The van der Waals surface area contributed by atoms with Gasteiger partial charge in [-0.15, -0.1) is 0 Å². The van der Waals surface area contributed by atoms with E-state index in [9.17, 15) is 4.79 Å². The highest BCUT2D eigenvalue weighted by Crippen LogP contribution is 2.30. The molecule has 0 N–H and O–H groups in total. The first-order valence-corrected chi connectivity index (χ1v) is 11.8. The van der Waals surface area contributed by atoms with Crippen LogP contribution in [-0.4, -0.2) is 46.9 Å². The quantitative estimate of drug-likeness (QED) is 0.350. The van der Waals surface area contributed by atoms with Crippen molar-refractivity contribution in [2.24, 2.45) is 0 Å². The van der Waals surface area contributed by atoms with Gasteiger partial charge in [-0.1, -0.05) is 70.5 Å². The van der Waals surface area contributed by atoms with Gasteiger partial charge in [0, 0.05) is 48.3 Å². The van der Waals surface area contributed by atoms with Crippen molar-refractivity contribution in [1.82, 2.24) is 14.8 Å². The molecule has 1 fully saturated rings. The predicted molar refractivity (Wildman–Crippen MR) is 133 cm³/mol. The molecule has 6 heteroatoms. The molecular formula is C27H24BrN3O2. The van der Waals surface area contributed by atoms with E-state index in [0.717, 1.165) is 35.2 Å². The molecule has 4 aromatic rings. The largest absolute Gasteiger partial charge is 0.436 e. The maximum atomic E-state index is 13.4. The van der Waals surface area contributed by atoms with Crippen molar-refractivity contribution in [2.75, 3.05) is 26.2 Å². The van der Waals surface area contributed by atoms with Gasteiger partial charge < -0.3 is 9.32 Å². The zero-order chi connectivity index (χ0) is 22.6. The first kappa shape index (κ1) is 21.6. The molecule has 0 saturated carbocycles. The third-order valence-electron chi connectivity index (χ3n) is 5.91. The van der Waals surface area contributed by atoms with E-state index in [1.807, 2.05) is 59.5 Å². The van der Waals surface area contributed by atoms with Crippen LogP contribution in [0.4, 0.5) is 0 Å². The molecule has 33 heavy (non-hydrogen) atoms. The molecule has 0 spiro atoms. The fourth-order valence-corrected chi connectivity index (χ4v) is 4.55. The maximum absolute atomic E-state index is 13.4. The highest BCUT2D eigenvalue weighted by Gasteiger charge is 2.25. The Hall–Kier alpha value is -3.22. The van der Waals surface area contributed by atoms with Gasteiger partial charge in [0.1, 0.15) is 0 Å². The topological polar surface area (TPSA) is 49.6 Å². The molecule has 3 aromatic carbocycles. The van der Waals surface area contributed by atoms with Crippen molar-refractivity contribution < 1.29 is 9.21 Å². The SMILES string of the molecule is O=C(c1ccccc1-c1ncc(-c2cccc(Br)c2)o1)N1CCN(Cc2ccccc2)CC1. The lowest BCUT2D eigenvalue weighted by Crippen LogP contribution is -2.48. The number of benzene rings is 3. The third kappa shape index (κ3) is 4.92. The van der Waals surface area contributed by atoms with Crippen molar-refractivity contribution >= 4 is 21.8 Å². The average Bonchev–Trinajstić information content (AvgIpc) is 3.35. The summed E-state index contributed by atoms with van der Waals surface area (Å²) in [6.45, 7) is 4.03. The zero-order valence-corrected chi connectivity index (χ0v) is 19.7. The fourth-order valence-electron chi connectivity index (χ4n) is 4.15. The van der Waals surface area contributed by atoms with Crippen LogP contribution in [0.3, 0.4) is 0 Å². The monoisotopic (exact) mass is 501 g/mol. The third-order valence-corrected chi connectivity index (χ3v) is 6.40. The van der Waals surface area contributed by atoms with E-state index in [2.05, 4.69) is 50.1 Å². The summed E-state index contributed by atoms with van der Waals surface area (Å²) in [5, 5.41) is 0. The summed E-state index contributed by atoms with van der Waals surface area (Å²) >= 11 is 3.49. The Bertz CT molecular complexity index is 1250. The van der Waals surface area contributed by atoms with Gasteiger partial charge in [0.2, 0.25) is 5.89 Å². The summed E-state index contributed by atoms with van der Waals surface area (Å²) in [5.74, 6) is 1.15. The molecular weight excluding hydrogens is 478 g/mol. The molecule has 1 aromatic heterocycles. The molecule has 1 aliphatic heterocycles. The second-order valence-corrected chi connectivity index (χ2v) is 9.06. The van der Waals surface area contributed by atoms with Crippen LogP contribution in [0, 0.1) is 0 Å². The number of hydrogen-bond acceptors (Lipinski definition) is 4. The van der Waals surface area contributed by atoms with Crippen LogP contribution < -0.4 is 0 Å². The van der Waals surface area contributed by atoms with Crippen molar-refractivity contribution in [2.45, 2.75) is 6.54 Å². The van der Waals surface area contributed by atoms with Crippen molar-refractivity contribution in [3.63, 3.8) is 0 Å². The van der Waals surface area contributed by atoms with E-state index >= 15 is 0 Å². The van der Waals surface area contributed by atoms with Crippen molar-refractivity contribution in [1.29, 1.82) is 0 Å². The van der Waals surface area contributed by atoms with Crippen LogP contribution in [0.2, 0.25) is 0 Å². The number of aromatic nitrogens is 1. The van der Waals surface area contributed by atoms with Gasteiger partial charge in [0.05, 0.1) is 11.8 Å². The van der Waals surface area contributed by atoms with Crippen LogP contribution in [0.5, 0.6) is 0 Å². The normalized spacial score (nSPS) is 14.4. The Morgan fingerprint density at radius 3 is 2.45 bits per heavy atom. The number of rotatable bonds is 5. The van der Waals surface area contributed by atoms with E-state index in [0.29, 0.717) is 30.3 Å². The van der Waals surface area contributed by atoms with Crippen LogP contribution in [0.15, 0.2) is 93.9 Å². The number of halogens is 1. The Morgan fingerprint density at radius 2 is 1.67 bits per heavy atom. The lowest BCUT2D eigenvalue weighted by Gasteiger charge is -2.35. The number of carbonyl (C=O) groups excluding carboxylic acids is 1. The number of nitrogens with zero attached hydrogens (tertiary/aromatic N) is 3. The van der Waals surface area contributed by atoms with Gasteiger partial charge in [0.25, 0.3) is 5.91 Å². The summed E-state index contributed by atoms with van der Waals surface area (Å²) in [7, 11) is 0. The molecule has 2 heterocycles. The van der Waals surface area contributed by atoms with Gasteiger partial charge in [-0.25, -0.2) is 4.98 Å². The molecule has 1 aliphatic rings. The number of oxazole rings is 1. The fraction of sp³-hybridized carbons (Fsp3) is 0.185. The summed E-state index contributed by atoms with van der Waals surface area (Å²) in [5.41, 5.74) is 3.57. The lowest BCUT2D eigenvalue weighted by atomic mass is 10.1. The molecule has 166 valence electrons. The second-order valence-electron chi connectivity index (χ2n) is 8.14. The molecule has 1 saturated heterocycles. The van der Waals surface area contributed by atoms with Gasteiger partial charge in [-0.2, -0.15) is 0 Å². The van der Waals surface area contributed by atoms with E-state index in [1.165, 1.54) is 5.56 Å². The Balaban J connectivity index is 1.31. The minimum atomic E-state index is 0.0205. The first-order valence-electron chi connectivity index (χ1n) is 11.0. The minimum absolute atomic E-state index is 0.0205. The number of carbonyl (C=O) groups is 1. The van der Waals surface area contributed by atoms with Crippen LogP contribution in [-0.2, 0) is 6.54 Å². The van der Waals surface area contributed by atoms with Crippen molar-refractivity contribution in [3.05, 3.63) is 101 Å². The summed E-state index contributed by atoms with van der Waals surface area (Å²) < 4.78 is 7.03. The maximum Gasteiger partial charge on any atom is 0.254 e. The van der Waals surface area contributed by atoms with Crippen LogP contribution in [0.25, 0.3) is 22.8 Å². The summed E-state index contributed by atoms with van der Waals surface area (Å²) in [6.07, 6.45) is 1.71. The Morgan fingerprint density at radius 1 is 0.909 bits per heavy atom. The van der Waals surface area contributed by atoms with Gasteiger partial charge in [-0.05, 0) is 29.8 Å². The Labute approximate surface area is 201 Å². The van der Waals surface area contributed by atoms with E-state index < -0.39 is 0 Å².